The average Bonchev–Trinajstić information content (AvgIpc) is 2.42. The maximum atomic E-state index is 13.6. The molecular weight excluding hydrogens is 291 g/mol. The van der Waals surface area contributed by atoms with Gasteiger partial charge in [-0.05, 0) is 24.1 Å². The second-order valence-electron chi connectivity index (χ2n) is 4.21. The molecule has 2 N–H and O–H groups in total. The van der Waals surface area contributed by atoms with Crippen LogP contribution >= 0.6 is 11.6 Å². The average molecular weight is 305 g/mol. The van der Waals surface area contributed by atoms with Crippen LogP contribution in [-0.4, -0.2) is 25.8 Å². The first-order chi connectivity index (χ1) is 8.96. The minimum atomic E-state index is -3.71. The molecule has 0 aromatic heterocycles. The zero-order chi connectivity index (χ0) is 14.0. The van der Waals surface area contributed by atoms with Crippen LogP contribution in [0.25, 0.3) is 0 Å². The summed E-state index contributed by atoms with van der Waals surface area (Å²) in [6.45, 7) is 0.671. The van der Waals surface area contributed by atoms with Gasteiger partial charge in [0.05, 0.1) is 9.92 Å². The molecule has 0 atom stereocenters. The summed E-state index contributed by atoms with van der Waals surface area (Å²) in [7, 11) is -3.71. The van der Waals surface area contributed by atoms with Gasteiger partial charge >= 0.3 is 0 Å². The van der Waals surface area contributed by atoms with E-state index in [1.165, 1.54) is 10.4 Å². The van der Waals surface area contributed by atoms with Crippen molar-refractivity contribution in [2.45, 2.75) is 17.9 Å². The fraction of sp³-hybridized carbons (Fsp3) is 0.333. The van der Waals surface area contributed by atoms with E-state index in [1.54, 1.807) is 6.08 Å². The molecule has 0 saturated carbocycles. The van der Waals surface area contributed by atoms with Gasteiger partial charge in [-0.15, -0.1) is 0 Å². The summed E-state index contributed by atoms with van der Waals surface area (Å²) in [6.07, 6.45) is 4.34. The Morgan fingerprint density at radius 2 is 2.11 bits per heavy atom. The minimum Gasteiger partial charge on any atom is -0.326 e. The standard InChI is InChI=1S/C12H14ClFN2O2S/c13-12-9(8-15)6-10(7-11(12)14)19(17,18)16-4-2-1-3-5-16/h1-2,6-7H,3-5,8,15H2. The van der Waals surface area contributed by atoms with Gasteiger partial charge < -0.3 is 5.73 Å². The lowest BCUT2D eigenvalue weighted by Gasteiger charge is -2.23. The van der Waals surface area contributed by atoms with Crippen LogP contribution in [0.5, 0.6) is 0 Å². The lowest BCUT2D eigenvalue weighted by molar-refractivity contribution is 0.437. The highest BCUT2D eigenvalue weighted by Crippen LogP contribution is 2.26. The number of benzene rings is 1. The van der Waals surface area contributed by atoms with Crippen molar-refractivity contribution in [1.82, 2.24) is 4.31 Å². The largest absolute Gasteiger partial charge is 0.326 e. The van der Waals surface area contributed by atoms with E-state index in [1.807, 2.05) is 6.08 Å². The third-order valence-corrected chi connectivity index (χ3v) is 5.22. The first-order valence-corrected chi connectivity index (χ1v) is 7.61. The summed E-state index contributed by atoms with van der Waals surface area (Å²) >= 11 is 5.73. The number of rotatable bonds is 3. The minimum absolute atomic E-state index is 0.0149. The van der Waals surface area contributed by atoms with Crippen molar-refractivity contribution in [2.24, 2.45) is 5.73 Å². The lowest BCUT2D eigenvalue weighted by Crippen LogP contribution is -2.34. The van der Waals surface area contributed by atoms with Gasteiger partial charge in [0.1, 0.15) is 5.82 Å². The molecule has 1 aliphatic heterocycles. The predicted octanol–water partition coefficient (Wildman–Crippen LogP) is 1.89. The molecule has 0 amide bonds. The fourth-order valence-corrected chi connectivity index (χ4v) is 3.56. The molecule has 1 aromatic carbocycles. The molecule has 1 aromatic rings. The van der Waals surface area contributed by atoms with E-state index in [9.17, 15) is 12.8 Å². The van der Waals surface area contributed by atoms with Gasteiger partial charge in [-0.1, -0.05) is 23.8 Å². The molecule has 104 valence electrons. The number of nitrogens with zero attached hydrogens (tertiary/aromatic N) is 1. The normalized spacial score (nSPS) is 16.8. The molecule has 2 rings (SSSR count). The van der Waals surface area contributed by atoms with Gasteiger partial charge in [0.2, 0.25) is 10.0 Å². The van der Waals surface area contributed by atoms with Crippen molar-refractivity contribution in [2.75, 3.05) is 13.1 Å². The maximum Gasteiger partial charge on any atom is 0.243 e. The van der Waals surface area contributed by atoms with Crippen LogP contribution in [0.15, 0.2) is 29.2 Å². The van der Waals surface area contributed by atoms with Crippen LogP contribution in [0.4, 0.5) is 4.39 Å². The van der Waals surface area contributed by atoms with Crippen LogP contribution in [0.1, 0.15) is 12.0 Å². The molecule has 0 saturated heterocycles. The number of hydrogen-bond donors (Lipinski definition) is 1. The monoisotopic (exact) mass is 304 g/mol. The van der Waals surface area contributed by atoms with E-state index in [0.29, 0.717) is 19.5 Å². The van der Waals surface area contributed by atoms with Crippen LogP contribution < -0.4 is 5.73 Å². The van der Waals surface area contributed by atoms with Crippen LogP contribution in [0, 0.1) is 5.82 Å². The first kappa shape index (κ1) is 14.5. The van der Waals surface area contributed by atoms with Crippen molar-refractivity contribution in [3.8, 4) is 0 Å². The highest BCUT2D eigenvalue weighted by molar-refractivity contribution is 7.89. The second kappa shape index (κ2) is 5.58. The molecule has 1 aliphatic rings. The Bertz CT molecular complexity index is 616. The fourth-order valence-electron chi connectivity index (χ4n) is 1.90. The van der Waals surface area contributed by atoms with Gasteiger partial charge in [-0.25, -0.2) is 12.8 Å². The highest BCUT2D eigenvalue weighted by atomic mass is 35.5. The zero-order valence-electron chi connectivity index (χ0n) is 10.1. The Morgan fingerprint density at radius 1 is 1.37 bits per heavy atom. The molecule has 0 fully saturated rings. The Kier molecular flexibility index (Phi) is 4.25. The second-order valence-corrected chi connectivity index (χ2v) is 6.52. The lowest BCUT2D eigenvalue weighted by atomic mass is 10.2. The Hall–Kier alpha value is -0.950. The Labute approximate surface area is 116 Å². The molecule has 0 bridgehead atoms. The predicted molar refractivity (Wildman–Crippen MR) is 71.8 cm³/mol. The molecule has 19 heavy (non-hydrogen) atoms. The molecular formula is C12H14ClFN2O2S. The number of hydrogen-bond acceptors (Lipinski definition) is 3. The van der Waals surface area contributed by atoms with Crippen LogP contribution in [0.3, 0.4) is 0 Å². The Balaban J connectivity index is 2.46. The molecule has 0 unspecified atom stereocenters. The molecule has 0 spiro atoms. The summed E-state index contributed by atoms with van der Waals surface area (Å²) in [6, 6.07) is 2.27. The van der Waals surface area contributed by atoms with E-state index in [2.05, 4.69) is 0 Å². The zero-order valence-corrected chi connectivity index (χ0v) is 11.7. The van der Waals surface area contributed by atoms with E-state index < -0.39 is 15.8 Å². The summed E-state index contributed by atoms with van der Waals surface area (Å²) in [5.41, 5.74) is 5.72. The topological polar surface area (TPSA) is 63.4 Å². The highest BCUT2D eigenvalue weighted by Gasteiger charge is 2.26. The molecule has 1 heterocycles. The third-order valence-electron chi connectivity index (χ3n) is 2.96. The quantitative estimate of drug-likeness (QED) is 0.867. The van der Waals surface area contributed by atoms with E-state index >= 15 is 0 Å². The number of nitrogens with two attached hydrogens (primary N) is 1. The summed E-state index contributed by atoms with van der Waals surface area (Å²) in [5, 5.41) is -0.125. The van der Waals surface area contributed by atoms with Gasteiger partial charge in [0, 0.05) is 19.6 Å². The molecule has 0 radical (unpaired) electrons. The van der Waals surface area contributed by atoms with E-state index in [-0.39, 0.29) is 22.0 Å². The van der Waals surface area contributed by atoms with Crippen molar-refractivity contribution < 1.29 is 12.8 Å². The smallest absolute Gasteiger partial charge is 0.243 e. The molecule has 7 heteroatoms. The van der Waals surface area contributed by atoms with Crippen molar-refractivity contribution >= 4 is 21.6 Å². The van der Waals surface area contributed by atoms with Crippen molar-refractivity contribution in [1.29, 1.82) is 0 Å². The molecule has 4 nitrogen and oxygen atoms in total. The van der Waals surface area contributed by atoms with Crippen molar-refractivity contribution in [3.63, 3.8) is 0 Å². The van der Waals surface area contributed by atoms with Crippen molar-refractivity contribution in [3.05, 3.63) is 40.7 Å². The van der Waals surface area contributed by atoms with Gasteiger partial charge in [0.25, 0.3) is 0 Å². The first-order valence-electron chi connectivity index (χ1n) is 5.80. The summed E-state index contributed by atoms with van der Waals surface area (Å²) < 4.78 is 39.7. The van der Waals surface area contributed by atoms with E-state index in [0.717, 1.165) is 6.07 Å². The van der Waals surface area contributed by atoms with E-state index in [4.69, 9.17) is 17.3 Å². The number of sulfonamides is 1. The van der Waals surface area contributed by atoms with Crippen LogP contribution in [0.2, 0.25) is 5.02 Å². The van der Waals surface area contributed by atoms with Gasteiger partial charge in [0.15, 0.2) is 0 Å². The summed E-state index contributed by atoms with van der Waals surface area (Å²) in [5.74, 6) is -0.768. The third kappa shape index (κ3) is 2.81. The van der Waals surface area contributed by atoms with Gasteiger partial charge in [-0.2, -0.15) is 4.31 Å². The molecule has 0 aliphatic carbocycles. The number of halogens is 2. The summed E-state index contributed by atoms with van der Waals surface area (Å²) in [4.78, 5) is -0.106. The maximum absolute atomic E-state index is 13.6. The SMILES string of the molecule is NCc1cc(S(=O)(=O)N2CC=CCC2)cc(F)c1Cl. The Morgan fingerprint density at radius 3 is 2.68 bits per heavy atom. The van der Waals surface area contributed by atoms with Crippen LogP contribution in [-0.2, 0) is 16.6 Å². The van der Waals surface area contributed by atoms with Gasteiger partial charge in [-0.3, -0.25) is 0 Å².